The highest BCUT2D eigenvalue weighted by molar-refractivity contribution is 6.04. The van der Waals surface area contributed by atoms with E-state index in [1.165, 1.54) is 24.8 Å². The molecule has 142 valence electrons. The number of nitrogen functional groups attached to an aromatic ring is 1. The summed E-state index contributed by atoms with van der Waals surface area (Å²) in [7, 11) is 0. The molecule has 0 fully saturated rings. The first-order chi connectivity index (χ1) is 12.7. The third-order valence-electron chi connectivity index (χ3n) is 4.31. The molecule has 3 aromatic rings. The molecule has 5 nitrogen and oxygen atoms in total. The number of aromatic amines is 1. The van der Waals surface area contributed by atoms with E-state index < -0.39 is 0 Å². The number of aromatic nitrogens is 2. The SMILES string of the molecule is CCCCCc1ccc(C(=O)Nc2cccc(-c3cnc(N)[nH]3)c2)cc1.Cl. The van der Waals surface area contributed by atoms with E-state index in [-0.39, 0.29) is 18.3 Å². The van der Waals surface area contributed by atoms with E-state index >= 15 is 0 Å². The molecule has 3 rings (SSSR count). The maximum Gasteiger partial charge on any atom is 0.255 e. The predicted octanol–water partition coefficient (Wildman–Crippen LogP) is 5.07. The number of hydrogen-bond donors (Lipinski definition) is 3. The number of nitrogens with one attached hydrogen (secondary N) is 2. The fraction of sp³-hybridized carbons (Fsp3) is 0.238. The molecule has 0 atom stereocenters. The van der Waals surface area contributed by atoms with Crippen molar-refractivity contribution in [3.8, 4) is 11.3 Å². The summed E-state index contributed by atoms with van der Waals surface area (Å²) >= 11 is 0. The van der Waals surface area contributed by atoms with Gasteiger partial charge in [0, 0.05) is 16.8 Å². The number of aryl methyl sites for hydroxylation is 1. The molecule has 0 saturated carbocycles. The molecule has 0 aliphatic rings. The number of nitrogens with zero attached hydrogens (tertiary/aromatic N) is 1. The second-order valence-electron chi connectivity index (χ2n) is 6.37. The molecule has 0 spiro atoms. The van der Waals surface area contributed by atoms with Crippen molar-refractivity contribution in [3.63, 3.8) is 0 Å². The Kier molecular flexibility index (Phi) is 7.44. The molecule has 6 heteroatoms. The smallest absolute Gasteiger partial charge is 0.255 e. The molecular formula is C21H25ClN4O. The van der Waals surface area contributed by atoms with Gasteiger partial charge in [0.05, 0.1) is 11.9 Å². The number of H-pyrrole nitrogens is 1. The van der Waals surface area contributed by atoms with Crippen molar-refractivity contribution in [3.05, 3.63) is 65.9 Å². The van der Waals surface area contributed by atoms with Crippen molar-refractivity contribution < 1.29 is 4.79 Å². The van der Waals surface area contributed by atoms with Gasteiger partial charge in [-0.05, 0) is 42.7 Å². The number of imidazole rings is 1. The molecule has 0 saturated heterocycles. The van der Waals surface area contributed by atoms with Crippen LogP contribution in [0.15, 0.2) is 54.7 Å². The van der Waals surface area contributed by atoms with Crippen LogP contribution in [0.3, 0.4) is 0 Å². The van der Waals surface area contributed by atoms with Gasteiger partial charge in [0.1, 0.15) is 0 Å². The Morgan fingerprint density at radius 2 is 1.93 bits per heavy atom. The molecule has 1 amide bonds. The lowest BCUT2D eigenvalue weighted by Gasteiger charge is -2.08. The molecule has 0 unspecified atom stereocenters. The number of unbranched alkanes of at least 4 members (excludes halogenated alkanes) is 2. The number of carbonyl (C=O) groups is 1. The molecule has 0 radical (unpaired) electrons. The van der Waals surface area contributed by atoms with Gasteiger partial charge in [-0.2, -0.15) is 0 Å². The number of amides is 1. The number of anilines is 2. The van der Waals surface area contributed by atoms with Crippen LogP contribution < -0.4 is 11.1 Å². The van der Waals surface area contributed by atoms with E-state index in [2.05, 4.69) is 22.2 Å². The fourth-order valence-electron chi connectivity index (χ4n) is 2.85. The Bertz CT molecular complexity index is 874. The molecule has 2 aromatic carbocycles. The van der Waals surface area contributed by atoms with E-state index in [4.69, 9.17) is 5.73 Å². The Hall–Kier alpha value is -2.79. The number of halogens is 1. The van der Waals surface area contributed by atoms with Crippen LogP contribution in [0.1, 0.15) is 42.1 Å². The lowest BCUT2D eigenvalue weighted by atomic mass is 10.0. The van der Waals surface area contributed by atoms with Gasteiger partial charge in [0.25, 0.3) is 5.91 Å². The highest BCUT2D eigenvalue weighted by atomic mass is 35.5. The fourth-order valence-corrected chi connectivity index (χ4v) is 2.85. The first-order valence-electron chi connectivity index (χ1n) is 8.97. The lowest BCUT2D eigenvalue weighted by Crippen LogP contribution is -2.11. The van der Waals surface area contributed by atoms with E-state index in [0.717, 1.165) is 23.4 Å². The van der Waals surface area contributed by atoms with Gasteiger partial charge in [-0.3, -0.25) is 4.79 Å². The molecule has 0 bridgehead atoms. The highest BCUT2D eigenvalue weighted by Crippen LogP contribution is 2.22. The second kappa shape index (κ2) is 9.78. The van der Waals surface area contributed by atoms with Gasteiger partial charge in [0.2, 0.25) is 0 Å². The summed E-state index contributed by atoms with van der Waals surface area (Å²) in [4.78, 5) is 19.5. The quantitative estimate of drug-likeness (QED) is 0.497. The van der Waals surface area contributed by atoms with Gasteiger partial charge in [-0.25, -0.2) is 4.98 Å². The minimum absolute atomic E-state index is 0. The third-order valence-corrected chi connectivity index (χ3v) is 4.31. The summed E-state index contributed by atoms with van der Waals surface area (Å²) in [6.45, 7) is 2.20. The molecule has 4 N–H and O–H groups in total. The maximum absolute atomic E-state index is 12.5. The number of benzene rings is 2. The molecule has 0 aliphatic heterocycles. The van der Waals surface area contributed by atoms with Gasteiger partial charge in [-0.1, -0.05) is 44.0 Å². The summed E-state index contributed by atoms with van der Waals surface area (Å²) in [6.07, 6.45) is 6.37. The second-order valence-corrected chi connectivity index (χ2v) is 6.37. The number of hydrogen-bond acceptors (Lipinski definition) is 3. The van der Waals surface area contributed by atoms with Crippen molar-refractivity contribution in [1.29, 1.82) is 0 Å². The molecule has 1 aromatic heterocycles. The Morgan fingerprint density at radius 3 is 2.59 bits per heavy atom. The van der Waals surface area contributed by atoms with Crippen molar-refractivity contribution in [2.75, 3.05) is 11.1 Å². The minimum Gasteiger partial charge on any atom is -0.369 e. The first-order valence-corrected chi connectivity index (χ1v) is 8.97. The zero-order chi connectivity index (χ0) is 18.4. The largest absolute Gasteiger partial charge is 0.369 e. The van der Waals surface area contributed by atoms with Crippen LogP contribution in [0.2, 0.25) is 0 Å². The van der Waals surface area contributed by atoms with Gasteiger partial charge >= 0.3 is 0 Å². The Balaban J connectivity index is 0.00000261. The molecule has 27 heavy (non-hydrogen) atoms. The maximum atomic E-state index is 12.5. The van der Waals surface area contributed by atoms with Crippen LogP contribution in [0.4, 0.5) is 11.6 Å². The molecule has 0 aliphatic carbocycles. The predicted molar refractivity (Wildman–Crippen MR) is 113 cm³/mol. The van der Waals surface area contributed by atoms with Crippen molar-refractivity contribution >= 4 is 29.9 Å². The number of carbonyl (C=O) groups excluding carboxylic acids is 1. The Morgan fingerprint density at radius 1 is 1.15 bits per heavy atom. The number of rotatable bonds is 7. The van der Waals surface area contributed by atoms with Gasteiger partial charge in [0.15, 0.2) is 5.95 Å². The zero-order valence-electron chi connectivity index (χ0n) is 15.4. The van der Waals surface area contributed by atoms with E-state index in [1.807, 2.05) is 48.5 Å². The van der Waals surface area contributed by atoms with Crippen molar-refractivity contribution in [2.45, 2.75) is 32.6 Å². The van der Waals surface area contributed by atoms with Crippen LogP contribution in [0.5, 0.6) is 0 Å². The van der Waals surface area contributed by atoms with Crippen molar-refractivity contribution in [1.82, 2.24) is 9.97 Å². The summed E-state index contributed by atoms with van der Waals surface area (Å²) < 4.78 is 0. The summed E-state index contributed by atoms with van der Waals surface area (Å²) in [5, 5.41) is 2.94. The van der Waals surface area contributed by atoms with Crippen LogP contribution in [0, 0.1) is 0 Å². The zero-order valence-corrected chi connectivity index (χ0v) is 16.2. The van der Waals surface area contributed by atoms with E-state index in [1.54, 1.807) is 6.20 Å². The average Bonchev–Trinajstić information content (AvgIpc) is 3.09. The average molecular weight is 385 g/mol. The summed E-state index contributed by atoms with van der Waals surface area (Å²) in [5.41, 5.74) is 10.0. The first kappa shape index (κ1) is 20.5. The Labute approximate surface area is 165 Å². The van der Waals surface area contributed by atoms with Crippen LogP contribution in [-0.2, 0) is 6.42 Å². The van der Waals surface area contributed by atoms with E-state index in [0.29, 0.717) is 11.5 Å². The van der Waals surface area contributed by atoms with Crippen LogP contribution in [-0.4, -0.2) is 15.9 Å². The summed E-state index contributed by atoms with van der Waals surface area (Å²) in [5.74, 6) is 0.250. The topological polar surface area (TPSA) is 83.8 Å². The monoisotopic (exact) mass is 384 g/mol. The lowest BCUT2D eigenvalue weighted by molar-refractivity contribution is 0.102. The highest BCUT2D eigenvalue weighted by Gasteiger charge is 2.08. The van der Waals surface area contributed by atoms with Crippen LogP contribution >= 0.6 is 12.4 Å². The standard InChI is InChI=1S/C21H24N4O.ClH/c1-2-3-4-6-15-9-11-16(12-10-15)20(26)24-18-8-5-7-17(13-18)19-14-23-21(22)25-19;/h5,7-14H,2-4,6H2,1H3,(H,24,26)(H3,22,23,25);1H. The third kappa shape index (κ3) is 5.59. The number of nitrogens with two attached hydrogens (primary N) is 1. The summed E-state index contributed by atoms with van der Waals surface area (Å²) in [6, 6.07) is 15.4. The van der Waals surface area contributed by atoms with Gasteiger partial charge in [-0.15, -0.1) is 12.4 Å². The van der Waals surface area contributed by atoms with Crippen molar-refractivity contribution in [2.24, 2.45) is 0 Å². The normalized spacial score (nSPS) is 10.3. The minimum atomic E-state index is -0.119. The molecule has 1 heterocycles. The molecular weight excluding hydrogens is 360 g/mol. The van der Waals surface area contributed by atoms with E-state index in [9.17, 15) is 4.79 Å². The van der Waals surface area contributed by atoms with Crippen LogP contribution in [0.25, 0.3) is 11.3 Å². The van der Waals surface area contributed by atoms with Gasteiger partial charge < -0.3 is 16.0 Å².